The molecule has 1 atom stereocenters. The summed E-state index contributed by atoms with van der Waals surface area (Å²) in [5, 5.41) is 11.1. The van der Waals surface area contributed by atoms with Crippen molar-refractivity contribution in [3.63, 3.8) is 0 Å². The minimum absolute atomic E-state index is 0.0211. The van der Waals surface area contributed by atoms with Gasteiger partial charge in [0, 0.05) is 18.1 Å². The number of unbranched alkanes of at least 4 members (excludes halogenated alkanes) is 2. The van der Waals surface area contributed by atoms with E-state index in [0.29, 0.717) is 5.57 Å². The quantitative estimate of drug-likeness (QED) is 0.0911. The van der Waals surface area contributed by atoms with Crippen LogP contribution in [0.2, 0.25) is 19.1 Å². The third-order valence-electron chi connectivity index (χ3n) is 7.71. The van der Waals surface area contributed by atoms with Crippen molar-refractivity contribution < 1.29 is 14.6 Å². The number of rotatable bonds is 15. The zero-order chi connectivity index (χ0) is 28.3. The Kier molecular flexibility index (Phi) is 11.8. The van der Waals surface area contributed by atoms with Gasteiger partial charge in [0.15, 0.2) is 0 Å². The number of ether oxygens (including phenoxy) is 1. The molecule has 0 saturated heterocycles. The smallest absolute Gasteiger partial charge is 0.333 e. The van der Waals surface area contributed by atoms with Gasteiger partial charge in [-0.1, -0.05) is 130 Å². The normalized spacial score (nSPS) is 12.2. The van der Waals surface area contributed by atoms with Gasteiger partial charge in [0.25, 0.3) is 0 Å². The Morgan fingerprint density at radius 2 is 1.36 bits per heavy atom. The lowest BCUT2D eigenvalue weighted by Crippen LogP contribution is -2.41. The third kappa shape index (κ3) is 9.33. The lowest BCUT2D eigenvalue weighted by molar-refractivity contribution is -0.140. The maximum Gasteiger partial charge on any atom is 0.333 e. The second-order valence-electron chi connectivity index (χ2n) is 11.5. The summed E-state index contributed by atoms with van der Waals surface area (Å²) in [5.74, 6) is -0.406. The Hall–Kier alpha value is -2.95. The molecule has 3 aromatic carbocycles. The number of hydrogen-bond acceptors (Lipinski definition) is 3. The van der Waals surface area contributed by atoms with Crippen LogP contribution in [0.3, 0.4) is 0 Å². The maximum absolute atomic E-state index is 11.6. The molecule has 0 aliphatic rings. The molecule has 208 valence electrons. The predicted molar refractivity (Wildman–Crippen MR) is 168 cm³/mol. The number of esters is 1. The molecule has 0 aliphatic heterocycles. The maximum atomic E-state index is 11.6. The van der Waals surface area contributed by atoms with E-state index >= 15 is 0 Å². The van der Waals surface area contributed by atoms with Crippen molar-refractivity contribution in [3.8, 4) is 22.3 Å². The first-order valence-corrected chi connectivity index (χ1v) is 17.7. The molecule has 39 heavy (non-hydrogen) atoms. The van der Waals surface area contributed by atoms with Gasteiger partial charge in [0.2, 0.25) is 0 Å². The van der Waals surface area contributed by atoms with Gasteiger partial charge >= 0.3 is 5.97 Å². The van der Waals surface area contributed by atoms with E-state index in [1.54, 1.807) is 6.92 Å². The van der Waals surface area contributed by atoms with Crippen LogP contribution in [-0.2, 0) is 16.0 Å². The van der Waals surface area contributed by atoms with Gasteiger partial charge in [0.1, 0.15) is 0 Å². The molecular weight excluding hydrogens is 496 g/mol. The molecule has 0 fully saturated rings. The predicted octanol–water partition coefficient (Wildman–Crippen LogP) is 8.18. The van der Waals surface area contributed by atoms with Crippen LogP contribution in [-0.4, -0.2) is 32.4 Å². The van der Waals surface area contributed by atoms with Gasteiger partial charge < -0.3 is 9.84 Å². The summed E-state index contributed by atoms with van der Waals surface area (Å²) in [6.45, 7) is 12.6. The van der Waals surface area contributed by atoms with Crippen LogP contribution in [0.15, 0.2) is 84.9 Å². The fourth-order valence-electron chi connectivity index (χ4n) is 4.93. The van der Waals surface area contributed by atoms with Crippen LogP contribution in [0.25, 0.3) is 22.3 Å². The number of aliphatic hydroxyl groups is 1. The summed E-state index contributed by atoms with van der Waals surface area (Å²) < 4.78 is 5.25. The van der Waals surface area contributed by atoms with Gasteiger partial charge in [0.05, 0.1) is 14.7 Å². The van der Waals surface area contributed by atoms with E-state index in [1.807, 2.05) is 0 Å². The number of aryl methyl sites for hydroxylation is 1. The third-order valence-corrected chi connectivity index (χ3v) is 11.2. The zero-order valence-electron chi connectivity index (χ0n) is 24.3. The number of benzene rings is 3. The van der Waals surface area contributed by atoms with Gasteiger partial charge in [-0.05, 0) is 54.0 Å². The van der Waals surface area contributed by atoms with E-state index in [0.717, 1.165) is 18.9 Å². The van der Waals surface area contributed by atoms with Crippen molar-refractivity contribution in [3.05, 3.63) is 90.5 Å². The molecule has 1 N–H and O–H groups in total. The summed E-state index contributed by atoms with van der Waals surface area (Å²) >= 11 is 0. The summed E-state index contributed by atoms with van der Waals surface area (Å²) in [4.78, 5) is 11.6. The first-order valence-electron chi connectivity index (χ1n) is 14.5. The zero-order valence-corrected chi connectivity index (χ0v) is 25.3. The van der Waals surface area contributed by atoms with Crippen molar-refractivity contribution in [2.45, 2.75) is 71.5 Å². The fraction of sp³-hybridized carbons (Fsp3) is 0.400. The molecule has 0 saturated carbocycles. The van der Waals surface area contributed by atoms with Crippen molar-refractivity contribution in [2.24, 2.45) is 5.92 Å². The van der Waals surface area contributed by atoms with E-state index in [2.05, 4.69) is 99.4 Å². The number of aliphatic hydroxyl groups excluding tert-OH is 1. The van der Waals surface area contributed by atoms with Gasteiger partial charge in [-0.15, -0.1) is 0 Å². The van der Waals surface area contributed by atoms with Crippen molar-refractivity contribution in [1.29, 1.82) is 0 Å². The van der Waals surface area contributed by atoms with Crippen molar-refractivity contribution in [1.82, 2.24) is 0 Å². The number of hydrogen-bond donors (Lipinski definition) is 1. The van der Waals surface area contributed by atoms with E-state index in [4.69, 9.17) is 4.74 Å². The number of carbonyl (C=O) groups excluding carboxylic acids is 1. The van der Waals surface area contributed by atoms with Crippen molar-refractivity contribution >= 4 is 19.2 Å². The monoisotopic (exact) mass is 542 g/mol. The van der Waals surface area contributed by atoms with E-state index in [9.17, 15) is 9.90 Å². The average molecular weight is 543 g/mol. The molecule has 0 heterocycles. The summed E-state index contributed by atoms with van der Waals surface area (Å²) in [6.07, 6.45) is 6.85. The first-order chi connectivity index (χ1) is 18.7. The Morgan fingerprint density at radius 1 is 0.846 bits per heavy atom. The van der Waals surface area contributed by atoms with Gasteiger partial charge in [-0.25, -0.2) is 4.79 Å². The molecule has 0 bridgehead atoms. The largest absolute Gasteiger partial charge is 0.462 e. The molecule has 0 amide bonds. The van der Waals surface area contributed by atoms with E-state index in [1.165, 1.54) is 58.7 Å². The van der Waals surface area contributed by atoms with E-state index < -0.39 is 8.07 Å². The van der Waals surface area contributed by atoms with Crippen molar-refractivity contribution in [2.75, 3.05) is 13.2 Å². The van der Waals surface area contributed by atoms with Gasteiger partial charge in [-0.2, -0.15) is 0 Å². The Balaban J connectivity index is 1.55. The first kappa shape index (κ1) is 30.6. The van der Waals surface area contributed by atoms with Crippen LogP contribution < -0.4 is 5.19 Å². The molecular formula is C35H46O3Si. The highest BCUT2D eigenvalue weighted by molar-refractivity contribution is 6.89. The molecule has 3 nitrogen and oxygen atoms in total. The minimum Gasteiger partial charge on any atom is -0.462 e. The molecule has 0 aromatic heterocycles. The number of carbonyl (C=O) groups is 1. The lowest BCUT2D eigenvalue weighted by Gasteiger charge is -2.24. The Morgan fingerprint density at radius 3 is 1.85 bits per heavy atom. The molecule has 4 heteroatoms. The topological polar surface area (TPSA) is 46.5 Å². The second kappa shape index (κ2) is 15.0. The highest BCUT2D eigenvalue weighted by atomic mass is 28.3. The van der Waals surface area contributed by atoms with E-state index in [-0.39, 0.29) is 25.1 Å². The van der Waals surface area contributed by atoms with Crippen LogP contribution in [0.5, 0.6) is 0 Å². The lowest BCUT2D eigenvalue weighted by atomic mass is 9.98. The Bertz CT molecular complexity index is 1180. The highest BCUT2D eigenvalue weighted by Crippen LogP contribution is 2.26. The molecule has 1 unspecified atom stereocenters. The molecule has 0 spiro atoms. The molecule has 3 aromatic rings. The summed E-state index contributed by atoms with van der Waals surface area (Å²) in [6, 6.07) is 28.1. The van der Waals surface area contributed by atoms with Crippen LogP contribution in [0.1, 0.15) is 51.5 Å². The Labute approximate surface area is 237 Å². The second-order valence-corrected chi connectivity index (χ2v) is 16.4. The average Bonchev–Trinajstić information content (AvgIpc) is 2.95. The van der Waals surface area contributed by atoms with Gasteiger partial charge in [-0.3, -0.25) is 0 Å². The highest BCUT2D eigenvalue weighted by Gasteiger charge is 2.24. The summed E-state index contributed by atoms with van der Waals surface area (Å²) in [7, 11) is -1.62. The fourth-order valence-corrected chi connectivity index (χ4v) is 7.38. The SMILES string of the molecule is C=C(C)C(=O)OCC(CO)CCC[Si](C)(C)c1ccc(-c2ccc(-c3ccc(CCCCC)cc3)cc2)cc1. The molecule has 0 aliphatic carbocycles. The molecule has 0 radical (unpaired) electrons. The minimum atomic E-state index is -1.62. The summed E-state index contributed by atoms with van der Waals surface area (Å²) in [5.41, 5.74) is 6.80. The van der Waals surface area contributed by atoms with Crippen LogP contribution >= 0.6 is 0 Å². The standard InChI is InChI=1S/C35H46O3Si/c1-6-7-8-10-28-12-14-30(15-13-28)31-16-18-32(19-17-31)33-20-22-34(23-21-33)39(4,5)24-9-11-29(25-36)26-38-35(37)27(2)3/h12-23,29,36H,2,6-11,24-26H2,1,3-5H3. The van der Waals surface area contributed by atoms with Crippen LogP contribution in [0.4, 0.5) is 0 Å². The van der Waals surface area contributed by atoms with Crippen LogP contribution in [0, 0.1) is 5.92 Å². The molecule has 3 rings (SSSR count).